The Morgan fingerprint density at radius 1 is 0.900 bits per heavy atom. The van der Waals surface area contributed by atoms with Crippen LogP contribution in [0.3, 0.4) is 0 Å². The maximum atomic E-state index is 3.72. The van der Waals surface area contributed by atoms with E-state index in [2.05, 4.69) is 10.2 Å². The summed E-state index contributed by atoms with van der Waals surface area (Å²) in [5.74, 6) is 4.29. The molecule has 0 aromatic rings. The SMILES string of the molecule is C1CNC(C2CCN(CC3CC4CCC3C4)CC2)C1.Cl. The van der Waals surface area contributed by atoms with Gasteiger partial charge in [-0.25, -0.2) is 0 Å². The Kier molecular flexibility index (Phi) is 4.94. The fraction of sp³-hybridized carbons (Fsp3) is 1.00. The van der Waals surface area contributed by atoms with Gasteiger partial charge in [0.25, 0.3) is 0 Å². The number of hydrogen-bond donors (Lipinski definition) is 1. The number of fused-ring (bicyclic) bond motifs is 2. The van der Waals surface area contributed by atoms with Gasteiger partial charge in [0.2, 0.25) is 0 Å². The monoisotopic (exact) mass is 298 g/mol. The molecule has 2 aliphatic heterocycles. The Morgan fingerprint density at radius 2 is 1.75 bits per heavy atom. The first-order chi connectivity index (χ1) is 9.38. The first-order valence-electron chi connectivity index (χ1n) is 8.84. The molecule has 2 saturated carbocycles. The van der Waals surface area contributed by atoms with Crippen molar-refractivity contribution in [1.29, 1.82) is 0 Å². The van der Waals surface area contributed by atoms with E-state index in [9.17, 15) is 0 Å². The van der Waals surface area contributed by atoms with Crippen molar-refractivity contribution in [2.45, 2.75) is 57.4 Å². The van der Waals surface area contributed by atoms with Gasteiger partial charge < -0.3 is 10.2 Å². The topological polar surface area (TPSA) is 15.3 Å². The molecule has 0 radical (unpaired) electrons. The Labute approximate surface area is 130 Å². The fourth-order valence-electron chi connectivity index (χ4n) is 5.58. The van der Waals surface area contributed by atoms with Gasteiger partial charge in [-0.2, -0.15) is 0 Å². The highest BCUT2D eigenvalue weighted by Crippen LogP contribution is 2.48. The highest BCUT2D eigenvalue weighted by Gasteiger charge is 2.40. The average molecular weight is 299 g/mol. The van der Waals surface area contributed by atoms with Gasteiger partial charge in [-0.1, -0.05) is 6.42 Å². The molecule has 4 fully saturated rings. The van der Waals surface area contributed by atoms with E-state index in [-0.39, 0.29) is 12.4 Å². The number of halogens is 1. The van der Waals surface area contributed by atoms with E-state index in [0.29, 0.717) is 0 Å². The zero-order valence-corrected chi connectivity index (χ0v) is 13.5. The lowest BCUT2D eigenvalue weighted by Gasteiger charge is -2.37. The molecule has 2 bridgehead atoms. The number of piperidine rings is 1. The largest absolute Gasteiger partial charge is 0.314 e. The molecule has 2 nitrogen and oxygen atoms in total. The molecule has 3 heteroatoms. The number of hydrogen-bond acceptors (Lipinski definition) is 2. The van der Waals surface area contributed by atoms with E-state index in [4.69, 9.17) is 0 Å². The average Bonchev–Trinajstić information content (AvgIpc) is 3.17. The molecule has 20 heavy (non-hydrogen) atoms. The van der Waals surface area contributed by atoms with Crippen molar-refractivity contribution in [3.05, 3.63) is 0 Å². The van der Waals surface area contributed by atoms with Gasteiger partial charge in [0, 0.05) is 12.6 Å². The maximum absolute atomic E-state index is 3.72. The third-order valence-corrected chi connectivity index (χ3v) is 6.68. The molecule has 2 saturated heterocycles. The highest BCUT2D eigenvalue weighted by atomic mass is 35.5. The molecule has 0 aromatic heterocycles. The van der Waals surface area contributed by atoms with Crippen LogP contribution in [0.1, 0.15) is 51.4 Å². The molecule has 4 unspecified atom stereocenters. The second-order valence-corrected chi connectivity index (χ2v) is 7.78. The molecule has 2 aliphatic carbocycles. The lowest BCUT2D eigenvalue weighted by Crippen LogP contribution is -2.43. The van der Waals surface area contributed by atoms with Crippen molar-refractivity contribution in [3.8, 4) is 0 Å². The molecule has 0 aromatic carbocycles. The molecule has 1 N–H and O–H groups in total. The van der Waals surface area contributed by atoms with Crippen LogP contribution in [0.2, 0.25) is 0 Å². The minimum Gasteiger partial charge on any atom is -0.314 e. The maximum Gasteiger partial charge on any atom is 0.00967 e. The highest BCUT2D eigenvalue weighted by molar-refractivity contribution is 5.85. The van der Waals surface area contributed by atoms with Gasteiger partial charge in [-0.05, 0) is 88.3 Å². The number of rotatable bonds is 3. The molecule has 4 aliphatic rings. The molecule has 0 spiro atoms. The van der Waals surface area contributed by atoms with Crippen LogP contribution >= 0.6 is 12.4 Å². The lowest BCUT2D eigenvalue weighted by molar-refractivity contribution is 0.127. The summed E-state index contributed by atoms with van der Waals surface area (Å²) in [7, 11) is 0. The normalized spacial score (nSPS) is 42.0. The summed E-state index contributed by atoms with van der Waals surface area (Å²) >= 11 is 0. The molecule has 0 amide bonds. The van der Waals surface area contributed by atoms with Crippen LogP contribution in [-0.4, -0.2) is 37.1 Å². The minimum absolute atomic E-state index is 0. The van der Waals surface area contributed by atoms with E-state index in [1.54, 1.807) is 25.7 Å². The van der Waals surface area contributed by atoms with Crippen LogP contribution in [0, 0.1) is 23.7 Å². The molecular weight excluding hydrogens is 268 g/mol. The second-order valence-electron chi connectivity index (χ2n) is 7.78. The van der Waals surface area contributed by atoms with Crippen LogP contribution in [0.5, 0.6) is 0 Å². The Hall–Kier alpha value is 0.210. The van der Waals surface area contributed by atoms with E-state index in [1.165, 1.54) is 51.9 Å². The summed E-state index contributed by atoms with van der Waals surface area (Å²) in [6.07, 6.45) is 12.0. The van der Waals surface area contributed by atoms with Gasteiger partial charge in [0.05, 0.1) is 0 Å². The van der Waals surface area contributed by atoms with Crippen molar-refractivity contribution < 1.29 is 0 Å². The zero-order valence-electron chi connectivity index (χ0n) is 12.7. The molecule has 4 atom stereocenters. The van der Waals surface area contributed by atoms with E-state index in [1.807, 2.05) is 0 Å². The first-order valence-corrected chi connectivity index (χ1v) is 8.84. The third kappa shape index (κ3) is 3.03. The predicted molar refractivity (Wildman–Crippen MR) is 86.4 cm³/mol. The van der Waals surface area contributed by atoms with Gasteiger partial charge in [0.15, 0.2) is 0 Å². The summed E-state index contributed by atoms with van der Waals surface area (Å²) in [4.78, 5) is 2.80. The van der Waals surface area contributed by atoms with Crippen molar-refractivity contribution in [3.63, 3.8) is 0 Å². The van der Waals surface area contributed by atoms with Crippen LogP contribution in [0.4, 0.5) is 0 Å². The van der Waals surface area contributed by atoms with Crippen molar-refractivity contribution in [2.75, 3.05) is 26.2 Å². The van der Waals surface area contributed by atoms with Crippen LogP contribution in [0.25, 0.3) is 0 Å². The Balaban J connectivity index is 0.00000121. The molecule has 2 heterocycles. The zero-order chi connectivity index (χ0) is 12.7. The van der Waals surface area contributed by atoms with Crippen LogP contribution in [-0.2, 0) is 0 Å². The molecule has 116 valence electrons. The fourth-order valence-corrected chi connectivity index (χ4v) is 5.58. The minimum atomic E-state index is 0. The van der Waals surface area contributed by atoms with Crippen molar-refractivity contribution in [2.24, 2.45) is 23.7 Å². The van der Waals surface area contributed by atoms with Crippen molar-refractivity contribution >= 4 is 12.4 Å². The van der Waals surface area contributed by atoms with E-state index in [0.717, 1.165) is 29.7 Å². The third-order valence-electron chi connectivity index (χ3n) is 6.68. The second kappa shape index (κ2) is 6.54. The quantitative estimate of drug-likeness (QED) is 0.860. The van der Waals surface area contributed by atoms with Gasteiger partial charge in [0.1, 0.15) is 0 Å². The standard InChI is InChI=1S/C17H30N2.ClH/c1-2-17(18-7-1)14-5-8-19(9-6-14)12-16-11-13-3-4-15(16)10-13;/h13-18H,1-12H2;1H. The van der Waals surface area contributed by atoms with Crippen molar-refractivity contribution in [1.82, 2.24) is 10.2 Å². The van der Waals surface area contributed by atoms with E-state index < -0.39 is 0 Å². The van der Waals surface area contributed by atoms with Gasteiger partial charge in [-0.15, -0.1) is 12.4 Å². The number of likely N-dealkylation sites (tertiary alicyclic amines) is 1. The van der Waals surface area contributed by atoms with Crippen LogP contribution in [0.15, 0.2) is 0 Å². The lowest BCUT2D eigenvalue weighted by atomic mass is 9.85. The van der Waals surface area contributed by atoms with Gasteiger partial charge >= 0.3 is 0 Å². The molecular formula is C17H31ClN2. The smallest absolute Gasteiger partial charge is 0.00967 e. The number of nitrogens with zero attached hydrogens (tertiary/aromatic N) is 1. The Morgan fingerprint density at radius 3 is 2.35 bits per heavy atom. The predicted octanol–water partition coefficient (Wildman–Crippen LogP) is 3.31. The summed E-state index contributed by atoms with van der Waals surface area (Å²) in [5, 5.41) is 3.72. The van der Waals surface area contributed by atoms with Gasteiger partial charge in [-0.3, -0.25) is 0 Å². The van der Waals surface area contributed by atoms with E-state index >= 15 is 0 Å². The molecule has 4 rings (SSSR count). The summed E-state index contributed by atoms with van der Waals surface area (Å²) in [6.45, 7) is 5.48. The Bertz CT molecular complexity index is 308. The summed E-state index contributed by atoms with van der Waals surface area (Å²) < 4.78 is 0. The summed E-state index contributed by atoms with van der Waals surface area (Å²) in [6, 6.07) is 0.865. The first kappa shape index (κ1) is 15.1. The summed E-state index contributed by atoms with van der Waals surface area (Å²) in [5.41, 5.74) is 0. The number of nitrogens with one attached hydrogen (secondary N) is 1. The van der Waals surface area contributed by atoms with Crippen LogP contribution < -0.4 is 5.32 Å².